The molecule has 0 aliphatic carbocycles. The minimum absolute atomic E-state index is 0.750. The maximum absolute atomic E-state index is 5.32. The molecule has 0 bridgehead atoms. The first-order valence-corrected chi connectivity index (χ1v) is 7.10. The fourth-order valence-corrected chi connectivity index (χ4v) is 2.26. The maximum atomic E-state index is 5.32. The van der Waals surface area contributed by atoms with Crippen LogP contribution in [0.25, 0.3) is 11.3 Å². The molecule has 2 aromatic heterocycles. The van der Waals surface area contributed by atoms with E-state index in [1.807, 2.05) is 35.1 Å². The summed E-state index contributed by atoms with van der Waals surface area (Å²) < 4.78 is 7.36. The second-order valence-corrected chi connectivity index (χ2v) is 4.85. The van der Waals surface area contributed by atoms with E-state index in [1.54, 1.807) is 6.20 Å². The number of nitrogens with zero attached hydrogens (tertiary/aromatic N) is 3. The van der Waals surface area contributed by atoms with Gasteiger partial charge in [0.25, 0.3) is 0 Å². The summed E-state index contributed by atoms with van der Waals surface area (Å²) >= 11 is 0. The van der Waals surface area contributed by atoms with Gasteiger partial charge in [0.15, 0.2) is 12.2 Å². The van der Waals surface area contributed by atoms with Crippen molar-refractivity contribution >= 4 is 5.69 Å². The highest BCUT2D eigenvalue weighted by Crippen LogP contribution is 2.22. The summed E-state index contributed by atoms with van der Waals surface area (Å²) in [5.41, 5.74) is 3.25. The van der Waals surface area contributed by atoms with Crippen molar-refractivity contribution in [3.63, 3.8) is 0 Å². The van der Waals surface area contributed by atoms with Gasteiger partial charge in [0.05, 0.1) is 18.4 Å². The van der Waals surface area contributed by atoms with Crippen molar-refractivity contribution < 1.29 is 4.42 Å². The third kappa shape index (κ3) is 3.13. The van der Waals surface area contributed by atoms with Gasteiger partial charge in [0.2, 0.25) is 0 Å². The number of hydrogen-bond donors (Lipinski definition) is 1. The van der Waals surface area contributed by atoms with Gasteiger partial charge in [0.1, 0.15) is 0 Å². The van der Waals surface area contributed by atoms with Crippen molar-refractivity contribution in [2.75, 3.05) is 5.32 Å². The molecule has 3 rings (SSSR count). The van der Waals surface area contributed by atoms with Crippen LogP contribution in [0.15, 0.2) is 53.5 Å². The van der Waals surface area contributed by atoms with Crippen molar-refractivity contribution in [3.8, 4) is 11.3 Å². The highest BCUT2D eigenvalue weighted by molar-refractivity contribution is 5.63. The van der Waals surface area contributed by atoms with Crippen LogP contribution in [-0.4, -0.2) is 14.8 Å². The highest BCUT2D eigenvalue weighted by atomic mass is 16.3. The van der Waals surface area contributed by atoms with E-state index in [2.05, 4.69) is 28.4 Å². The van der Waals surface area contributed by atoms with Crippen LogP contribution in [0, 0.1) is 0 Å². The number of aromatic nitrogens is 3. The van der Waals surface area contributed by atoms with Gasteiger partial charge in [-0.05, 0) is 24.6 Å². The fraction of sp³-hybridized carbons (Fsp3) is 0.250. The highest BCUT2D eigenvalue weighted by Gasteiger charge is 2.04. The zero-order valence-corrected chi connectivity index (χ0v) is 12.0. The van der Waals surface area contributed by atoms with Crippen molar-refractivity contribution in [1.29, 1.82) is 0 Å². The lowest BCUT2D eigenvalue weighted by Gasteiger charge is -2.09. The second kappa shape index (κ2) is 6.26. The Bertz CT molecular complexity index is 688. The lowest BCUT2D eigenvalue weighted by molar-refractivity contribution is 0.572. The molecule has 0 fully saturated rings. The average molecular weight is 282 g/mol. The summed E-state index contributed by atoms with van der Waals surface area (Å²) in [5.74, 6) is 0.773. The number of rotatable bonds is 6. The number of nitrogens with one attached hydrogen (secondary N) is 1. The van der Waals surface area contributed by atoms with Gasteiger partial charge < -0.3 is 9.73 Å². The monoisotopic (exact) mass is 282 g/mol. The number of anilines is 1. The van der Waals surface area contributed by atoms with E-state index in [9.17, 15) is 0 Å². The zero-order chi connectivity index (χ0) is 14.5. The molecular weight excluding hydrogens is 264 g/mol. The van der Waals surface area contributed by atoms with Crippen molar-refractivity contribution in [2.24, 2.45) is 0 Å². The quantitative estimate of drug-likeness (QED) is 0.751. The molecule has 0 atom stereocenters. The van der Waals surface area contributed by atoms with Crippen LogP contribution in [0.2, 0.25) is 0 Å². The van der Waals surface area contributed by atoms with Crippen molar-refractivity contribution in [2.45, 2.75) is 26.4 Å². The molecule has 0 saturated heterocycles. The molecule has 5 heteroatoms. The Morgan fingerprint density at radius 3 is 3.05 bits per heavy atom. The summed E-state index contributed by atoms with van der Waals surface area (Å²) in [6.45, 7) is 3.85. The number of aryl methyl sites for hydroxylation is 1. The standard InChI is InChI=1S/C16H18N4O/c1-2-8-20-15(6-7-19-20)10-18-14-5-3-4-13(9-14)16-11-17-12-21-16/h3-7,9,11-12,18H,2,8,10H2,1H3. The number of hydrogen-bond acceptors (Lipinski definition) is 4. The van der Waals surface area contributed by atoms with Crippen LogP contribution >= 0.6 is 0 Å². The summed E-state index contributed by atoms with van der Waals surface area (Å²) in [5, 5.41) is 7.76. The summed E-state index contributed by atoms with van der Waals surface area (Å²) in [6.07, 6.45) is 6.08. The van der Waals surface area contributed by atoms with E-state index in [1.165, 1.54) is 12.1 Å². The van der Waals surface area contributed by atoms with E-state index in [0.717, 1.165) is 36.5 Å². The summed E-state index contributed by atoms with van der Waals surface area (Å²) in [7, 11) is 0. The molecule has 1 N–H and O–H groups in total. The lowest BCUT2D eigenvalue weighted by Crippen LogP contribution is -2.08. The maximum Gasteiger partial charge on any atom is 0.181 e. The van der Waals surface area contributed by atoms with Crippen LogP contribution < -0.4 is 5.32 Å². The zero-order valence-electron chi connectivity index (χ0n) is 12.0. The van der Waals surface area contributed by atoms with Crippen molar-refractivity contribution in [1.82, 2.24) is 14.8 Å². The Labute approximate surface area is 123 Å². The first-order chi connectivity index (χ1) is 10.4. The molecule has 0 aliphatic heterocycles. The van der Waals surface area contributed by atoms with Gasteiger partial charge in [-0.2, -0.15) is 5.10 Å². The summed E-state index contributed by atoms with van der Waals surface area (Å²) in [6, 6.07) is 10.2. The van der Waals surface area contributed by atoms with Gasteiger partial charge in [-0.1, -0.05) is 19.1 Å². The molecular formula is C16H18N4O. The SMILES string of the molecule is CCCn1nccc1CNc1cccc(-c2cnco2)c1. The third-order valence-electron chi connectivity index (χ3n) is 3.29. The van der Waals surface area contributed by atoms with Crippen LogP contribution in [0.5, 0.6) is 0 Å². The van der Waals surface area contributed by atoms with E-state index in [0.29, 0.717) is 0 Å². The van der Waals surface area contributed by atoms with E-state index in [-0.39, 0.29) is 0 Å². The Hall–Kier alpha value is -2.56. The molecule has 108 valence electrons. The first kappa shape index (κ1) is 13.4. The van der Waals surface area contributed by atoms with E-state index < -0.39 is 0 Å². The van der Waals surface area contributed by atoms with E-state index >= 15 is 0 Å². The predicted octanol–water partition coefficient (Wildman–Crippen LogP) is 3.56. The third-order valence-corrected chi connectivity index (χ3v) is 3.29. The van der Waals surface area contributed by atoms with Gasteiger partial charge in [-0.25, -0.2) is 4.98 Å². The van der Waals surface area contributed by atoms with E-state index in [4.69, 9.17) is 4.42 Å². The molecule has 2 heterocycles. The smallest absolute Gasteiger partial charge is 0.181 e. The Balaban J connectivity index is 1.71. The molecule has 0 aliphatic rings. The molecule has 0 unspecified atom stereocenters. The fourth-order valence-electron chi connectivity index (χ4n) is 2.26. The Morgan fingerprint density at radius 1 is 1.29 bits per heavy atom. The molecule has 0 amide bonds. The van der Waals surface area contributed by atoms with Crippen LogP contribution in [-0.2, 0) is 13.1 Å². The molecule has 1 aromatic carbocycles. The molecule has 21 heavy (non-hydrogen) atoms. The van der Waals surface area contributed by atoms with Gasteiger partial charge >= 0.3 is 0 Å². The number of oxazole rings is 1. The number of benzene rings is 1. The molecule has 0 spiro atoms. The molecule has 0 radical (unpaired) electrons. The molecule has 5 nitrogen and oxygen atoms in total. The lowest BCUT2D eigenvalue weighted by atomic mass is 10.1. The second-order valence-electron chi connectivity index (χ2n) is 4.85. The van der Waals surface area contributed by atoms with Gasteiger partial charge in [-0.15, -0.1) is 0 Å². The predicted molar refractivity (Wildman–Crippen MR) is 81.8 cm³/mol. The minimum atomic E-state index is 0.750. The normalized spacial score (nSPS) is 10.7. The van der Waals surface area contributed by atoms with Crippen molar-refractivity contribution in [3.05, 3.63) is 54.8 Å². The molecule has 0 saturated carbocycles. The van der Waals surface area contributed by atoms with Crippen LogP contribution in [0.4, 0.5) is 5.69 Å². The minimum Gasteiger partial charge on any atom is -0.444 e. The first-order valence-electron chi connectivity index (χ1n) is 7.10. The van der Waals surface area contributed by atoms with Gasteiger partial charge in [-0.3, -0.25) is 4.68 Å². The van der Waals surface area contributed by atoms with Crippen LogP contribution in [0.1, 0.15) is 19.0 Å². The van der Waals surface area contributed by atoms with Crippen LogP contribution in [0.3, 0.4) is 0 Å². The Morgan fingerprint density at radius 2 is 2.24 bits per heavy atom. The largest absolute Gasteiger partial charge is 0.444 e. The molecule has 3 aromatic rings. The Kier molecular flexibility index (Phi) is 4.00. The van der Waals surface area contributed by atoms with Gasteiger partial charge in [0, 0.05) is 24.0 Å². The average Bonchev–Trinajstić information content (AvgIpc) is 3.18. The topological polar surface area (TPSA) is 55.9 Å². The summed E-state index contributed by atoms with van der Waals surface area (Å²) in [4.78, 5) is 3.95.